The SMILES string of the molecule is Cc1cccc(C(CC(=O)O)NC(=O)CCCCc2ccc3c(n2)NCCC3)c1. The van der Waals surface area contributed by atoms with Gasteiger partial charge in [-0.3, -0.25) is 9.59 Å². The smallest absolute Gasteiger partial charge is 0.305 e. The number of carboxylic acid groups (broad SMARTS) is 1. The number of nitrogens with zero attached hydrogens (tertiary/aromatic N) is 1. The molecule has 154 valence electrons. The number of anilines is 1. The summed E-state index contributed by atoms with van der Waals surface area (Å²) in [5.74, 6) is -0.0390. The van der Waals surface area contributed by atoms with Gasteiger partial charge in [-0.25, -0.2) is 4.98 Å². The zero-order valence-corrected chi connectivity index (χ0v) is 16.9. The fourth-order valence-electron chi connectivity index (χ4n) is 3.68. The molecule has 6 nitrogen and oxygen atoms in total. The standard InChI is InChI=1S/C23H29N3O3/c1-16-6-4-7-18(14-16)20(15-22(28)29)26-21(27)10-3-2-9-19-12-11-17-8-5-13-24-23(17)25-19/h4,6-7,11-12,14,20H,2-3,5,8-10,13,15H2,1H3,(H,24,25)(H,26,27)(H,28,29). The Balaban J connectivity index is 1.47. The van der Waals surface area contributed by atoms with Crippen molar-refractivity contribution in [2.75, 3.05) is 11.9 Å². The Morgan fingerprint density at radius 2 is 2.10 bits per heavy atom. The maximum Gasteiger partial charge on any atom is 0.305 e. The molecule has 6 heteroatoms. The normalized spacial score (nSPS) is 13.8. The van der Waals surface area contributed by atoms with E-state index >= 15 is 0 Å². The first kappa shape index (κ1) is 20.8. The molecule has 1 amide bonds. The third kappa shape index (κ3) is 6.31. The van der Waals surface area contributed by atoms with Crippen LogP contribution in [0.2, 0.25) is 0 Å². The minimum atomic E-state index is -0.927. The van der Waals surface area contributed by atoms with Crippen LogP contribution in [0.25, 0.3) is 0 Å². The summed E-state index contributed by atoms with van der Waals surface area (Å²) < 4.78 is 0. The second-order valence-corrected chi connectivity index (χ2v) is 7.68. The van der Waals surface area contributed by atoms with Crippen LogP contribution in [-0.4, -0.2) is 28.5 Å². The van der Waals surface area contributed by atoms with Gasteiger partial charge in [-0.1, -0.05) is 35.9 Å². The number of fused-ring (bicyclic) bond motifs is 1. The van der Waals surface area contributed by atoms with Crippen LogP contribution < -0.4 is 10.6 Å². The molecule has 0 bridgehead atoms. The average molecular weight is 396 g/mol. The van der Waals surface area contributed by atoms with Gasteiger partial charge in [0.2, 0.25) is 5.91 Å². The number of hydrogen-bond donors (Lipinski definition) is 3. The lowest BCUT2D eigenvalue weighted by Crippen LogP contribution is -2.30. The minimum absolute atomic E-state index is 0.113. The number of aromatic nitrogens is 1. The number of carbonyl (C=O) groups excluding carboxylic acids is 1. The molecule has 0 saturated carbocycles. The zero-order chi connectivity index (χ0) is 20.6. The van der Waals surface area contributed by atoms with Crippen LogP contribution in [0.5, 0.6) is 0 Å². The third-order valence-corrected chi connectivity index (χ3v) is 5.20. The molecular formula is C23H29N3O3. The van der Waals surface area contributed by atoms with Crippen LogP contribution in [0.15, 0.2) is 36.4 Å². The van der Waals surface area contributed by atoms with Gasteiger partial charge in [0.1, 0.15) is 5.82 Å². The number of hydrogen-bond acceptors (Lipinski definition) is 4. The second-order valence-electron chi connectivity index (χ2n) is 7.68. The van der Waals surface area contributed by atoms with Gasteiger partial charge >= 0.3 is 5.97 Å². The van der Waals surface area contributed by atoms with E-state index in [2.05, 4.69) is 27.8 Å². The van der Waals surface area contributed by atoms with Crippen molar-refractivity contribution < 1.29 is 14.7 Å². The lowest BCUT2D eigenvalue weighted by molar-refractivity contribution is -0.137. The molecule has 0 radical (unpaired) electrons. The van der Waals surface area contributed by atoms with E-state index < -0.39 is 12.0 Å². The zero-order valence-electron chi connectivity index (χ0n) is 16.9. The Morgan fingerprint density at radius 1 is 1.24 bits per heavy atom. The van der Waals surface area contributed by atoms with E-state index in [1.165, 1.54) is 5.56 Å². The van der Waals surface area contributed by atoms with E-state index in [1.807, 2.05) is 31.2 Å². The molecule has 1 aromatic carbocycles. The summed E-state index contributed by atoms with van der Waals surface area (Å²) in [5, 5.41) is 15.4. The van der Waals surface area contributed by atoms with Crippen LogP contribution in [0.4, 0.5) is 5.82 Å². The summed E-state index contributed by atoms with van der Waals surface area (Å²) in [6.45, 7) is 2.93. The number of carbonyl (C=O) groups is 2. The molecule has 1 atom stereocenters. The minimum Gasteiger partial charge on any atom is -0.481 e. The molecule has 0 spiro atoms. The van der Waals surface area contributed by atoms with Crippen LogP contribution in [0, 0.1) is 6.92 Å². The molecule has 1 aliphatic heterocycles. The third-order valence-electron chi connectivity index (χ3n) is 5.20. The molecule has 2 aromatic rings. The highest BCUT2D eigenvalue weighted by molar-refractivity contribution is 5.77. The van der Waals surface area contributed by atoms with Gasteiger partial charge in [0.25, 0.3) is 0 Å². The van der Waals surface area contributed by atoms with Crippen molar-refractivity contribution in [1.29, 1.82) is 0 Å². The number of nitrogens with one attached hydrogen (secondary N) is 2. The van der Waals surface area contributed by atoms with E-state index in [0.717, 1.165) is 61.3 Å². The molecule has 0 aliphatic carbocycles. The van der Waals surface area contributed by atoms with E-state index in [1.54, 1.807) is 0 Å². The monoisotopic (exact) mass is 395 g/mol. The lowest BCUT2D eigenvalue weighted by Gasteiger charge is -2.18. The van der Waals surface area contributed by atoms with Gasteiger partial charge in [-0.2, -0.15) is 0 Å². The Kier molecular flexibility index (Phi) is 7.22. The highest BCUT2D eigenvalue weighted by Gasteiger charge is 2.18. The topological polar surface area (TPSA) is 91.3 Å². The number of carboxylic acids is 1. The molecule has 1 aliphatic rings. The number of aliphatic carboxylic acids is 1. The average Bonchev–Trinajstić information content (AvgIpc) is 2.70. The molecule has 3 N–H and O–H groups in total. The molecule has 1 unspecified atom stereocenters. The maximum atomic E-state index is 12.4. The van der Waals surface area contributed by atoms with Crippen molar-refractivity contribution in [2.24, 2.45) is 0 Å². The summed E-state index contributed by atoms with van der Waals surface area (Å²) in [6.07, 6.45) is 4.92. The van der Waals surface area contributed by atoms with E-state index in [9.17, 15) is 14.7 Å². The molecule has 2 heterocycles. The second kappa shape index (κ2) is 10.0. The predicted octanol–water partition coefficient (Wildman–Crippen LogP) is 3.79. The number of aryl methyl sites for hydroxylation is 3. The van der Waals surface area contributed by atoms with E-state index in [4.69, 9.17) is 0 Å². The van der Waals surface area contributed by atoms with Crippen molar-refractivity contribution in [3.05, 3.63) is 58.8 Å². The van der Waals surface area contributed by atoms with E-state index in [0.29, 0.717) is 6.42 Å². The molecule has 3 rings (SSSR count). The predicted molar refractivity (Wildman–Crippen MR) is 113 cm³/mol. The Bertz CT molecular complexity index is 866. The number of pyridine rings is 1. The molecule has 29 heavy (non-hydrogen) atoms. The van der Waals surface area contributed by atoms with Crippen molar-refractivity contribution >= 4 is 17.7 Å². The van der Waals surface area contributed by atoms with Crippen molar-refractivity contribution in [1.82, 2.24) is 10.3 Å². The highest BCUT2D eigenvalue weighted by atomic mass is 16.4. The molecule has 1 aromatic heterocycles. The fourth-order valence-corrected chi connectivity index (χ4v) is 3.68. The van der Waals surface area contributed by atoms with Crippen molar-refractivity contribution in [2.45, 2.75) is 57.9 Å². The molecule has 0 fully saturated rings. The van der Waals surface area contributed by atoms with Crippen LogP contribution in [0.1, 0.15) is 60.5 Å². The van der Waals surface area contributed by atoms with Gasteiger partial charge in [0, 0.05) is 18.7 Å². The van der Waals surface area contributed by atoms with Gasteiger partial charge in [-0.05, 0) is 56.2 Å². The first-order valence-corrected chi connectivity index (χ1v) is 10.3. The van der Waals surface area contributed by atoms with Crippen LogP contribution in [0.3, 0.4) is 0 Å². The van der Waals surface area contributed by atoms with Gasteiger partial charge in [0.15, 0.2) is 0 Å². The summed E-state index contributed by atoms with van der Waals surface area (Å²) >= 11 is 0. The number of amides is 1. The number of rotatable bonds is 9. The summed E-state index contributed by atoms with van der Waals surface area (Å²) in [7, 11) is 0. The lowest BCUT2D eigenvalue weighted by atomic mass is 10.0. The first-order valence-electron chi connectivity index (χ1n) is 10.3. The van der Waals surface area contributed by atoms with Crippen LogP contribution >= 0.6 is 0 Å². The maximum absolute atomic E-state index is 12.4. The Morgan fingerprint density at radius 3 is 2.90 bits per heavy atom. The van der Waals surface area contributed by atoms with Gasteiger partial charge in [0.05, 0.1) is 12.5 Å². The first-order chi connectivity index (χ1) is 14.0. The fraction of sp³-hybridized carbons (Fsp3) is 0.435. The van der Waals surface area contributed by atoms with Gasteiger partial charge < -0.3 is 15.7 Å². The summed E-state index contributed by atoms with van der Waals surface area (Å²) in [4.78, 5) is 28.3. The van der Waals surface area contributed by atoms with Crippen molar-refractivity contribution in [3.8, 4) is 0 Å². The van der Waals surface area contributed by atoms with Gasteiger partial charge in [-0.15, -0.1) is 0 Å². The Hall–Kier alpha value is -2.89. The number of benzene rings is 1. The van der Waals surface area contributed by atoms with E-state index in [-0.39, 0.29) is 12.3 Å². The molecule has 0 saturated heterocycles. The van der Waals surface area contributed by atoms with Crippen molar-refractivity contribution in [3.63, 3.8) is 0 Å². The number of unbranched alkanes of at least 4 members (excludes halogenated alkanes) is 1. The molecular weight excluding hydrogens is 366 g/mol. The van der Waals surface area contributed by atoms with Crippen LogP contribution in [-0.2, 0) is 22.4 Å². The summed E-state index contributed by atoms with van der Waals surface area (Å²) in [6, 6.07) is 11.3. The highest BCUT2D eigenvalue weighted by Crippen LogP contribution is 2.21. The Labute approximate surface area is 171 Å². The quantitative estimate of drug-likeness (QED) is 0.562. The summed E-state index contributed by atoms with van der Waals surface area (Å²) in [5.41, 5.74) is 4.19. The largest absolute Gasteiger partial charge is 0.481 e.